The van der Waals surface area contributed by atoms with Crippen LogP contribution in [0, 0.1) is 0 Å². The van der Waals surface area contributed by atoms with Gasteiger partial charge in [-0.1, -0.05) is 50.5 Å². The summed E-state index contributed by atoms with van der Waals surface area (Å²) in [6.07, 6.45) is 18.9. The third-order valence-corrected chi connectivity index (χ3v) is 3.15. The Bertz CT molecular complexity index is 340. The zero-order chi connectivity index (χ0) is 15.8. The van der Waals surface area contributed by atoms with Crippen molar-refractivity contribution in [1.82, 2.24) is 0 Å². The molecule has 0 aromatic carbocycles. The maximum atomic E-state index is 10.3. The molecule has 0 aromatic rings. The molecule has 0 unspecified atom stereocenters. The third-order valence-electron chi connectivity index (χ3n) is 3.15. The lowest BCUT2D eigenvalue weighted by Crippen LogP contribution is -1.93. The second-order valence-electron chi connectivity index (χ2n) is 5.18. The summed E-state index contributed by atoms with van der Waals surface area (Å²) >= 11 is 0. The van der Waals surface area contributed by atoms with Crippen molar-refractivity contribution in [2.45, 2.75) is 71.1 Å². The monoisotopic (exact) mass is 294 g/mol. The first kappa shape index (κ1) is 19.5. The molecule has 21 heavy (non-hydrogen) atoms. The van der Waals surface area contributed by atoms with Gasteiger partial charge in [0.15, 0.2) is 0 Å². The second-order valence-corrected chi connectivity index (χ2v) is 5.18. The average molecular weight is 294 g/mol. The molecule has 0 radical (unpaired) electrons. The Morgan fingerprint density at radius 2 is 1.38 bits per heavy atom. The minimum atomic E-state index is -0.714. The van der Waals surface area contributed by atoms with Crippen LogP contribution in [0.2, 0.25) is 0 Å². The van der Waals surface area contributed by atoms with Crippen LogP contribution >= 0.6 is 0 Å². The molecule has 0 saturated carbocycles. The number of hydrogen-bond donors (Lipinski definition) is 2. The van der Waals surface area contributed by atoms with E-state index in [0.717, 1.165) is 57.8 Å². The van der Waals surface area contributed by atoms with Crippen LogP contribution in [0.3, 0.4) is 0 Å². The van der Waals surface area contributed by atoms with Crippen LogP contribution in [-0.4, -0.2) is 16.2 Å². The molecule has 0 saturated heterocycles. The van der Waals surface area contributed by atoms with Gasteiger partial charge in [0.25, 0.3) is 0 Å². The summed E-state index contributed by atoms with van der Waals surface area (Å²) in [5.74, 6) is -0.247. The molecule has 0 bridgehead atoms. The SMILES string of the molecule is CC/C=C\C/C=C\C/C=C(\O)CCCCCCCC(=O)O. The molecule has 0 aliphatic carbocycles. The van der Waals surface area contributed by atoms with E-state index in [4.69, 9.17) is 5.11 Å². The smallest absolute Gasteiger partial charge is 0.303 e. The standard InChI is InChI=1S/C18H30O3/c1-2-3-4-5-6-8-11-14-17(19)15-12-9-7-10-13-16-18(20)21/h3-4,6,8,14,19H,2,5,7,9-13,15-16H2,1H3,(H,20,21)/b4-3-,8-6-,17-14-. The molecular weight excluding hydrogens is 264 g/mol. The van der Waals surface area contributed by atoms with E-state index < -0.39 is 5.97 Å². The Morgan fingerprint density at radius 3 is 2.05 bits per heavy atom. The molecule has 0 aromatic heterocycles. The number of aliphatic carboxylic acids is 1. The van der Waals surface area contributed by atoms with E-state index in [-0.39, 0.29) is 6.42 Å². The van der Waals surface area contributed by atoms with Gasteiger partial charge in [0.05, 0.1) is 5.76 Å². The van der Waals surface area contributed by atoms with Crippen LogP contribution in [-0.2, 0) is 4.79 Å². The highest BCUT2D eigenvalue weighted by atomic mass is 16.4. The number of unbranched alkanes of at least 4 members (excludes halogenated alkanes) is 4. The quantitative estimate of drug-likeness (QED) is 0.266. The Morgan fingerprint density at radius 1 is 0.810 bits per heavy atom. The van der Waals surface area contributed by atoms with Crippen LogP contribution in [0.5, 0.6) is 0 Å². The lowest BCUT2D eigenvalue weighted by Gasteiger charge is -2.01. The van der Waals surface area contributed by atoms with E-state index in [2.05, 4.69) is 31.2 Å². The molecule has 3 nitrogen and oxygen atoms in total. The number of aliphatic hydroxyl groups excluding tert-OH is 1. The topological polar surface area (TPSA) is 57.5 Å². The van der Waals surface area contributed by atoms with Crippen LogP contribution < -0.4 is 0 Å². The third kappa shape index (κ3) is 16.4. The van der Waals surface area contributed by atoms with Crippen LogP contribution in [0.15, 0.2) is 36.1 Å². The van der Waals surface area contributed by atoms with Gasteiger partial charge in [-0.05, 0) is 38.2 Å². The maximum Gasteiger partial charge on any atom is 0.303 e. The fourth-order valence-corrected chi connectivity index (χ4v) is 1.95. The highest BCUT2D eigenvalue weighted by Gasteiger charge is 1.97. The average Bonchev–Trinajstić information content (AvgIpc) is 2.45. The fraction of sp³-hybridized carbons (Fsp3) is 0.611. The molecule has 3 heteroatoms. The number of carbonyl (C=O) groups is 1. The Labute approximate surface area is 129 Å². The molecule has 0 amide bonds. The predicted octanol–water partition coefficient (Wildman–Crippen LogP) is 5.55. The van der Waals surface area contributed by atoms with Gasteiger partial charge in [-0.2, -0.15) is 0 Å². The molecule has 0 heterocycles. The minimum absolute atomic E-state index is 0.269. The first-order chi connectivity index (χ1) is 10.2. The lowest BCUT2D eigenvalue weighted by molar-refractivity contribution is -0.137. The number of hydrogen-bond acceptors (Lipinski definition) is 2. The van der Waals surface area contributed by atoms with E-state index in [1.165, 1.54) is 0 Å². The summed E-state index contributed by atoms with van der Waals surface area (Å²) in [7, 11) is 0. The molecule has 120 valence electrons. The van der Waals surface area contributed by atoms with E-state index in [0.29, 0.717) is 5.76 Å². The van der Waals surface area contributed by atoms with Crippen LogP contribution in [0.1, 0.15) is 71.1 Å². The largest absolute Gasteiger partial charge is 0.513 e. The van der Waals surface area contributed by atoms with Crippen molar-refractivity contribution in [2.75, 3.05) is 0 Å². The molecule has 0 atom stereocenters. The summed E-state index contributed by atoms with van der Waals surface area (Å²) < 4.78 is 0. The number of aliphatic hydroxyl groups is 1. The van der Waals surface area contributed by atoms with Gasteiger partial charge >= 0.3 is 5.97 Å². The molecule has 0 aliphatic rings. The zero-order valence-corrected chi connectivity index (χ0v) is 13.3. The molecular formula is C18H30O3. The van der Waals surface area contributed by atoms with Crippen LogP contribution in [0.4, 0.5) is 0 Å². The highest BCUT2D eigenvalue weighted by Crippen LogP contribution is 2.11. The second kappa shape index (κ2) is 14.9. The van der Waals surface area contributed by atoms with Gasteiger partial charge in [0.1, 0.15) is 0 Å². The fourth-order valence-electron chi connectivity index (χ4n) is 1.95. The summed E-state index contributed by atoms with van der Waals surface area (Å²) in [5.41, 5.74) is 0. The number of carboxylic acids is 1. The van der Waals surface area contributed by atoms with E-state index in [9.17, 15) is 9.90 Å². The Balaban J connectivity index is 3.47. The summed E-state index contributed by atoms with van der Waals surface area (Å²) in [6.45, 7) is 2.12. The Kier molecular flexibility index (Phi) is 13.8. The van der Waals surface area contributed by atoms with Crippen molar-refractivity contribution < 1.29 is 15.0 Å². The Hall–Kier alpha value is -1.51. The number of rotatable bonds is 13. The van der Waals surface area contributed by atoms with E-state index in [1.807, 2.05) is 6.08 Å². The predicted molar refractivity (Wildman–Crippen MR) is 88.5 cm³/mol. The van der Waals surface area contributed by atoms with Crippen molar-refractivity contribution in [3.05, 3.63) is 36.1 Å². The van der Waals surface area contributed by atoms with Gasteiger partial charge in [-0.15, -0.1) is 0 Å². The zero-order valence-electron chi connectivity index (χ0n) is 13.3. The summed E-state index contributed by atoms with van der Waals surface area (Å²) in [4.78, 5) is 10.3. The van der Waals surface area contributed by atoms with Gasteiger partial charge in [-0.25, -0.2) is 0 Å². The first-order valence-electron chi connectivity index (χ1n) is 8.06. The maximum absolute atomic E-state index is 10.3. The summed E-state index contributed by atoms with van der Waals surface area (Å²) in [6, 6.07) is 0. The molecule has 2 N–H and O–H groups in total. The molecule has 0 aliphatic heterocycles. The van der Waals surface area contributed by atoms with Crippen LogP contribution in [0.25, 0.3) is 0 Å². The normalized spacial score (nSPS) is 12.5. The van der Waals surface area contributed by atoms with Crippen molar-refractivity contribution in [1.29, 1.82) is 0 Å². The molecule has 0 spiro atoms. The molecule has 0 fully saturated rings. The van der Waals surface area contributed by atoms with Crippen molar-refractivity contribution in [3.63, 3.8) is 0 Å². The van der Waals surface area contributed by atoms with Gasteiger partial charge in [-0.3, -0.25) is 4.79 Å². The van der Waals surface area contributed by atoms with Gasteiger partial charge in [0, 0.05) is 12.8 Å². The minimum Gasteiger partial charge on any atom is -0.513 e. The first-order valence-corrected chi connectivity index (χ1v) is 8.06. The van der Waals surface area contributed by atoms with Crippen molar-refractivity contribution in [3.8, 4) is 0 Å². The van der Waals surface area contributed by atoms with Gasteiger partial charge < -0.3 is 10.2 Å². The number of allylic oxidation sites excluding steroid dienone is 6. The summed E-state index contributed by atoms with van der Waals surface area (Å²) in [5, 5.41) is 18.2. The van der Waals surface area contributed by atoms with E-state index >= 15 is 0 Å². The van der Waals surface area contributed by atoms with Crippen molar-refractivity contribution in [2.24, 2.45) is 0 Å². The van der Waals surface area contributed by atoms with E-state index in [1.54, 1.807) is 0 Å². The van der Waals surface area contributed by atoms with Gasteiger partial charge in [0.2, 0.25) is 0 Å². The highest BCUT2D eigenvalue weighted by molar-refractivity contribution is 5.66. The number of carboxylic acid groups (broad SMARTS) is 1. The molecule has 0 rings (SSSR count). The lowest BCUT2D eigenvalue weighted by atomic mass is 10.1. The van der Waals surface area contributed by atoms with Crippen molar-refractivity contribution >= 4 is 5.97 Å².